The van der Waals surface area contributed by atoms with Crippen molar-refractivity contribution in [2.24, 2.45) is 0 Å². The largest absolute Gasteiger partial charge is 0.387 e. The number of benzene rings is 1. The molecule has 108 valence electrons. The summed E-state index contributed by atoms with van der Waals surface area (Å²) in [5, 5.41) is 16.3. The zero-order valence-corrected chi connectivity index (χ0v) is 11.2. The number of rotatable bonds is 5. The minimum atomic E-state index is -0.541. The highest BCUT2D eigenvalue weighted by atomic mass is 16.6. The Morgan fingerprint density at radius 2 is 2.19 bits per heavy atom. The highest BCUT2D eigenvalue weighted by molar-refractivity contribution is 6.00. The van der Waals surface area contributed by atoms with E-state index in [0.29, 0.717) is 11.4 Å². The molecule has 0 aliphatic carbocycles. The molecule has 0 saturated carbocycles. The van der Waals surface area contributed by atoms with Gasteiger partial charge in [-0.2, -0.15) is 0 Å². The van der Waals surface area contributed by atoms with Gasteiger partial charge in [-0.05, 0) is 12.1 Å². The van der Waals surface area contributed by atoms with Crippen LogP contribution >= 0.6 is 0 Å². The van der Waals surface area contributed by atoms with Crippen LogP contribution in [0.2, 0.25) is 0 Å². The Bertz CT molecular complexity index is 660. The molecular weight excluding hydrogens is 274 g/mol. The first-order valence-electron chi connectivity index (χ1n) is 6.11. The lowest BCUT2D eigenvalue weighted by Crippen LogP contribution is -2.24. The van der Waals surface area contributed by atoms with Crippen molar-refractivity contribution in [1.29, 1.82) is 0 Å². The Morgan fingerprint density at radius 1 is 1.38 bits per heavy atom. The van der Waals surface area contributed by atoms with Gasteiger partial charge in [0.25, 0.3) is 11.6 Å². The van der Waals surface area contributed by atoms with E-state index < -0.39 is 10.8 Å². The lowest BCUT2D eigenvalue weighted by Gasteiger charge is -2.09. The number of carbonyl (C=O) groups is 1. The Labute approximate surface area is 120 Å². The van der Waals surface area contributed by atoms with E-state index in [4.69, 9.17) is 0 Å². The van der Waals surface area contributed by atoms with E-state index in [9.17, 15) is 14.9 Å². The van der Waals surface area contributed by atoms with Crippen molar-refractivity contribution < 1.29 is 9.72 Å². The first kappa shape index (κ1) is 14.4. The molecule has 0 fully saturated rings. The lowest BCUT2D eigenvalue weighted by atomic mass is 10.1. The third kappa shape index (κ3) is 3.50. The molecular formula is C13H13N5O3. The van der Waals surface area contributed by atoms with Gasteiger partial charge in [-0.15, -0.1) is 0 Å². The van der Waals surface area contributed by atoms with E-state index >= 15 is 0 Å². The average molecular weight is 287 g/mol. The molecule has 2 N–H and O–H groups in total. The second-order valence-corrected chi connectivity index (χ2v) is 4.12. The maximum absolute atomic E-state index is 12.2. The minimum absolute atomic E-state index is 0.138. The third-order valence-electron chi connectivity index (χ3n) is 2.80. The van der Waals surface area contributed by atoms with E-state index in [1.807, 2.05) is 0 Å². The molecule has 0 unspecified atom stereocenters. The smallest absolute Gasteiger partial charge is 0.270 e. The van der Waals surface area contributed by atoms with Crippen molar-refractivity contribution >= 4 is 17.3 Å². The molecule has 1 heterocycles. The molecule has 0 atom stereocenters. The van der Waals surface area contributed by atoms with Crippen LogP contribution in [-0.2, 0) is 6.54 Å². The Morgan fingerprint density at radius 3 is 2.81 bits per heavy atom. The molecule has 8 nitrogen and oxygen atoms in total. The molecule has 0 radical (unpaired) electrons. The van der Waals surface area contributed by atoms with Crippen LogP contribution in [0.3, 0.4) is 0 Å². The molecule has 0 spiro atoms. The molecule has 1 amide bonds. The maximum Gasteiger partial charge on any atom is 0.270 e. The Kier molecular flexibility index (Phi) is 4.39. The van der Waals surface area contributed by atoms with Crippen molar-refractivity contribution in [3.8, 4) is 0 Å². The number of carbonyl (C=O) groups excluding carboxylic acids is 1. The fraction of sp³-hybridized carbons (Fsp3) is 0.154. The van der Waals surface area contributed by atoms with Gasteiger partial charge in [0.1, 0.15) is 6.33 Å². The molecule has 1 aromatic heterocycles. The molecule has 1 aromatic carbocycles. The van der Waals surface area contributed by atoms with Crippen LogP contribution in [0.5, 0.6) is 0 Å². The SMILES string of the molecule is CNc1ccc([N+](=O)[O-])cc1C(=O)NCc1ccncn1. The van der Waals surface area contributed by atoms with Gasteiger partial charge in [0.05, 0.1) is 22.7 Å². The van der Waals surface area contributed by atoms with Gasteiger partial charge in [-0.3, -0.25) is 14.9 Å². The summed E-state index contributed by atoms with van der Waals surface area (Å²) in [4.78, 5) is 30.2. The van der Waals surface area contributed by atoms with Crippen LogP contribution < -0.4 is 10.6 Å². The third-order valence-corrected chi connectivity index (χ3v) is 2.80. The summed E-state index contributed by atoms with van der Waals surface area (Å²) in [5.41, 5.74) is 1.23. The summed E-state index contributed by atoms with van der Waals surface area (Å²) >= 11 is 0. The fourth-order valence-corrected chi connectivity index (χ4v) is 1.74. The number of nitro benzene ring substituents is 1. The van der Waals surface area contributed by atoms with Crippen LogP contribution in [0.25, 0.3) is 0 Å². The summed E-state index contributed by atoms with van der Waals surface area (Å²) in [6, 6.07) is 5.75. The number of anilines is 1. The van der Waals surface area contributed by atoms with E-state index in [1.165, 1.54) is 24.5 Å². The van der Waals surface area contributed by atoms with E-state index in [0.717, 1.165) is 0 Å². The topological polar surface area (TPSA) is 110 Å². The predicted octanol–water partition coefficient (Wildman–Crippen LogP) is 1.36. The first-order valence-corrected chi connectivity index (χ1v) is 6.11. The summed E-state index contributed by atoms with van der Waals surface area (Å²) in [6.45, 7) is 0.215. The van der Waals surface area contributed by atoms with Crippen molar-refractivity contribution in [1.82, 2.24) is 15.3 Å². The molecule has 2 aromatic rings. The quantitative estimate of drug-likeness (QED) is 0.634. The van der Waals surface area contributed by atoms with Gasteiger partial charge in [0, 0.05) is 31.1 Å². The number of amides is 1. The standard InChI is InChI=1S/C13H13N5O3/c1-14-12-3-2-10(18(20)21)6-11(12)13(19)16-7-9-4-5-15-8-17-9/h2-6,8,14H,7H2,1H3,(H,16,19). The normalized spacial score (nSPS) is 9.95. The number of nitrogens with one attached hydrogen (secondary N) is 2. The molecule has 0 aliphatic heterocycles. The van der Waals surface area contributed by atoms with Crippen LogP contribution in [0.4, 0.5) is 11.4 Å². The number of aromatic nitrogens is 2. The second-order valence-electron chi connectivity index (χ2n) is 4.12. The average Bonchev–Trinajstić information content (AvgIpc) is 2.52. The van der Waals surface area contributed by atoms with Gasteiger partial charge in [-0.1, -0.05) is 0 Å². The number of nitrogens with zero attached hydrogens (tertiary/aromatic N) is 3. The van der Waals surface area contributed by atoms with Crippen LogP contribution in [0.15, 0.2) is 36.8 Å². The summed E-state index contributed by atoms with van der Waals surface area (Å²) in [7, 11) is 1.64. The van der Waals surface area contributed by atoms with Crippen molar-refractivity contribution in [2.45, 2.75) is 6.54 Å². The number of hydrogen-bond donors (Lipinski definition) is 2. The summed E-state index contributed by atoms with van der Waals surface area (Å²) < 4.78 is 0. The fourth-order valence-electron chi connectivity index (χ4n) is 1.74. The second kappa shape index (κ2) is 6.42. The van der Waals surface area contributed by atoms with Crippen LogP contribution in [-0.4, -0.2) is 27.8 Å². The number of non-ortho nitro benzene ring substituents is 1. The van der Waals surface area contributed by atoms with Crippen LogP contribution in [0, 0.1) is 10.1 Å². The van der Waals surface area contributed by atoms with Crippen molar-refractivity contribution in [2.75, 3.05) is 12.4 Å². The predicted molar refractivity (Wildman–Crippen MR) is 75.8 cm³/mol. The van der Waals surface area contributed by atoms with E-state index in [2.05, 4.69) is 20.6 Å². The Hall–Kier alpha value is -3.03. The minimum Gasteiger partial charge on any atom is -0.387 e. The monoisotopic (exact) mass is 287 g/mol. The van der Waals surface area contributed by atoms with Crippen LogP contribution in [0.1, 0.15) is 16.1 Å². The summed E-state index contributed by atoms with van der Waals surface area (Å²) in [5.74, 6) is -0.415. The highest BCUT2D eigenvalue weighted by Crippen LogP contribution is 2.21. The lowest BCUT2D eigenvalue weighted by molar-refractivity contribution is -0.384. The van der Waals surface area contributed by atoms with Gasteiger partial charge < -0.3 is 10.6 Å². The van der Waals surface area contributed by atoms with E-state index in [-0.39, 0.29) is 17.8 Å². The molecule has 21 heavy (non-hydrogen) atoms. The molecule has 8 heteroatoms. The van der Waals surface area contributed by atoms with Gasteiger partial charge in [0.15, 0.2) is 0 Å². The molecule has 2 rings (SSSR count). The molecule has 0 aliphatic rings. The zero-order chi connectivity index (χ0) is 15.2. The molecule has 0 saturated heterocycles. The van der Waals surface area contributed by atoms with Crippen molar-refractivity contribution in [3.63, 3.8) is 0 Å². The first-order chi connectivity index (χ1) is 10.1. The number of hydrogen-bond acceptors (Lipinski definition) is 6. The maximum atomic E-state index is 12.2. The van der Waals surface area contributed by atoms with Gasteiger partial charge >= 0.3 is 0 Å². The van der Waals surface area contributed by atoms with E-state index in [1.54, 1.807) is 19.3 Å². The zero-order valence-electron chi connectivity index (χ0n) is 11.2. The number of nitro groups is 1. The highest BCUT2D eigenvalue weighted by Gasteiger charge is 2.16. The Balaban J connectivity index is 2.17. The van der Waals surface area contributed by atoms with Crippen molar-refractivity contribution in [3.05, 3.63) is 58.2 Å². The molecule has 0 bridgehead atoms. The van der Waals surface area contributed by atoms with Gasteiger partial charge in [-0.25, -0.2) is 9.97 Å². The summed E-state index contributed by atoms with van der Waals surface area (Å²) in [6.07, 6.45) is 2.95. The van der Waals surface area contributed by atoms with Gasteiger partial charge in [0.2, 0.25) is 0 Å².